The van der Waals surface area contributed by atoms with Gasteiger partial charge in [0.05, 0.1) is 32.6 Å². The number of ether oxygens (including phenoxy) is 3. The van der Waals surface area contributed by atoms with E-state index in [0.717, 1.165) is 16.7 Å². The maximum atomic E-state index is 9.18. The third-order valence-corrected chi connectivity index (χ3v) is 3.53. The van der Waals surface area contributed by atoms with Crippen molar-refractivity contribution in [2.24, 2.45) is 0 Å². The number of hydrogen-bond donors (Lipinski definition) is 1. The lowest BCUT2D eigenvalue weighted by Gasteiger charge is -2.14. The first-order valence-electron chi connectivity index (χ1n) is 7.49. The van der Waals surface area contributed by atoms with Gasteiger partial charge >= 0.3 is 0 Å². The van der Waals surface area contributed by atoms with Crippen molar-refractivity contribution < 1.29 is 14.2 Å². The van der Waals surface area contributed by atoms with Crippen LogP contribution in [0.3, 0.4) is 0 Å². The van der Waals surface area contributed by atoms with Gasteiger partial charge in [0.2, 0.25) is 0 Å². The average molecular weight is 324 g/mol. The zero-order valence-electron chi connectivity index (χ0n) is 14.0. The largest absolute Gasteiger partial charge is 0.495 e. The van der Waals surface area contributed by atoms with E-state index in [-0.39, 0.29) is 0 Å². The van der Waals surface area contributed by atoms with Crippen LogP contribution in [0.25, 0.3) is 5.57 Å². The number of benzene rings is 2. The summed E-state index contributed by atoms with van der Waals surface area (Å²) in [6, 6.07) is 13.1. The van der Waals surface area contributed by atoms with E-state index in [0.29, 0.717) is 29.5 Å². The third-order valence-electron chi connectivity index (χ3n) is 3.53. The highest BCUT2D eigenvalue weighted by Gasteiger charge is 2.12. The molecule has 0 spiro atoms. The molecule has 0 saturated carbocycles. The van der Waals surface area contributed by atoms with Crippen LogP contribution in [0.1, 0.15) is 18.1 Å². The zero-order valence-corrected chi connectivity index (χ0v) is 14.0. The number of nitrogens with zero attached hydrogens (tertiary/aromatic N) is 1. The first-order chi connectivity index (χ1) is 11.6. The first kappa shape index (κ1) is 17.2. The van der Waals surface area contributed by atoms with Crippen molar-refractivity contribution in [2.75, 3.05) is 26.6 Å². The van der Waals surface area contributed by atoms with Gasteiger partial charge in [0.25, 0.3) is 0 Å². The molecule has 0 bridgehead atoms. The highest BCUT2D eigenvalue weighted by Crippen LogP contribution is 2.35. The molecule has 0 unspecified atom stereocenters. The van der Waals surface area contributed by atoms with E-state index < -0.39 is 0 Å². The van der Waals surface area contributed by atoms with E-state index in [2.05, 4.69) is 6.07 Å². The molecule has 24 heavy (non-hydrogen) atoms. The van der Waals surface area contributed by atoms with Crippen molar-refractivity contribution in [3.05, 3.63) is 53.6 Å². The Morgan fingerprint density at radius 2 is 1.67 bits per heavy atom. The molecule has 0 aromatic heterocycles. The summed E-state index contributed by atoms with van der Waals surface area (Å²) < 4.78 is 16.2. The molecule has 5 nitrogen and oxygen atoms in total. The van der Waals surface area contributed by atoms with Crippen LogP contribution in [0.4, 0.5) is 5.69 Å². The Morgan fingerprint density at radius 1 is 1.04 bits per heavy atom. The van der Waals surface area contributed by atoms with Crippen LogP contribution >= 0.6 is 0 Å². The number of nitriles is 1. The standard InChI is InChI=1S/C19H20N2O3/c1-4-24-19-12-14(6-8-17(19)22-2)15(9-10-20)13-5-7-16(21)18(11-13)23-3/h5-9,11-12H,4,21H2,1-3H3. The van der Waals surface area contributed by atoms with Gasteiger partial charge < -0.3 is 19.9 Å². The molecule has 0 aliphatic heterocycles. The molecule has 5 heteroatoms. The van der Waals surface area contributed by atoms with E-state index in [1.165, 1.54) is 6.08 Å². The molecular formula is C19H20N2O3. The predicted octanol–water partition coefficient (Wildman–Crippen LogP) is 3.64. The first-order valence-corrected chi connectivity index (χ1v) is 7.49. The second-order valence-electron chi connectivity index (χ2n) is 4.94. The minimum atomic E-state index is 0.521. The summed E-state index contributed by atoms with van der Waals surface area (Å²) in [5.41, 5.74) is 8.83. The molecule has 0 saturated heterocycles. The fourth-order valence-electron chi connectivity index (χ4n) is 2.39. The summed E-state index contributed by atoms with van der Waals surface area (Å²) in [6.07, 6.45) is 1.49. The van der Waals surface area contributed by atoms with Crippen LogP contribution < -0.4 is 19.9 Å². The lowest BCUT2D eigenvalue weighted by atomic mass is 9.96. The monoisotopic (exact) mass is 324 g/mol. The molecule has 2 rings (SSSR count). The third kappa shape index (κ3) is 3.61. The average Bonchev–Trinajstić information content (AvgIpc) is 2.60. The van der Waals surface area contributed by atoms with Crippen molar-refractivity contribution in [3.8, 4) is 23.3 Å². The van der Waals surface area contributed by atoms with E-state index >= 15 is 0 Å². The smallest absolute Gasteiger partial charge is 0.161 e. The molecule has 0 aliphatic carbocycles. The minimum absolute atomic E-state index is 0.521. The molecule has 2 aromatic rings. The summed E-state index contributed by atoms with van der Waals surface area (Å²) >= 11 is 0. The van der Waals surface area contributed by atoms with Crippen molar-refractivity contribution in [1.82, 2.24) is 0 Å². The van der Waals surface area contributed by atoms with Gasteiger partial charge in [0.1, 0.15) is 5.75 Å². The van der Waals surface area contributed by atoms with Crippen molar-refractivity contribution in [1.29, 1.82) is 5.26 Å². The molecule has 124 valence electrons. The van der Waals surface area contributed by atoms with Gasteiger partial charge in [-0.05, 0) is 47.9 Å². The van der Waals surface area contributed by atoms with Gasteiger partial charge in [-0.2, -0.15) is 5.26 Å². The van der Waals surface area contributed by atoms with Crippen LogP contribution in [-0.2, 0) is 0 Å². The maximum Gasteiger partial charge on any atom is 0.161 e. The topological polar surface area (TPSA) is 77.5 Å². The van der Waals surface area contributed by atoms with Crippen LogP contribution in [-0.4, -0.2) is 20.8 Å². The molecule has 0 amide bonds. The van der Waals surface area contributed by atoms with E-state index in [4.69, 9.17) is 19.9 Å². The van der Waals surface area contributed by atoms with Crippen LogP contribution in [0.5, 0.6) is 17.2 Å². The summed E-state index contributed by atoms with van der Waals surface area (Å²) in [7, 11) is 3.15. The SMILES string of the molecule is CCOc1cc(C(=CC#N)c2ccc(N)c(OC)c2)ccc1OC. The Balaban J connectivity index is 2.55. The number of anilines is 1. The number of allylic oxidation sites excluding steroid dienone is 1. The van der Waals surface area contributed by atoms with Crippen LogP contribution in [0.15, 0.2) is 42.5 Å². The lowest BCUT2D eigenvalue weighted by molar-refractivity contribution is 0.311. The Kier molecular flexibility index (Phi) is 5.69. The van der Waals surface area contributed by atoms with Crippen LogP contribution in [0, 0.1) is 11.3 Å². The Hall–Kier alpha value is -3.13. The summed E-state index contributed by atoms with van der Waals surface area (Å²) in [6.45, 7) is 2.43. The predicted molar refractivity (Wildman–Crippen MR) is 94.3 cm³/mol. The molecule has 2 N–H and O–H groups in total. The number of nitrogens with two attached hydrogens (primary N) is 1. The Labute approximate surface area is 141 Å². The van der Waals surface area contributed by atoms with Crippen molar-refractivity contribution in [3.63, 3.8) is 0 Å². The highest BCUT2D eigenvalue weighted by molar-refractivity contribution is 5.83. The highest BCUT2D eigenvalue weighted by atomic mass is 16.5. The summed E-state index contributed by atoms with van der Waals surface area (Å²) in [5, 5.41) is 9.18. The molecule has 0 fully saturated rings. The number of methoxy groups -OCH3 is 2. The van der Waals surface area contributed by atoms with Crippen molar-refractivity contribution in [2.45, 2.75) is 6.92 Å². The normalized spacial score (nSPS) is 10.8. The second kappa shape index (κ2) is 7.93. The fraction of sp³-hybridized carbons (Fsp3) is 0.211. The summed E-state index contributed by atoms with van der Waals surface area (Å²) in [4.78, 5) is 0. The molecule has 2 aromatic carbocycles. The van der Waals surface area contributed by atoms with Crippen molar-refractivity contribution >= 4 is 11.3 Å². The van der Waals surface area contributed by atoms with Gasteiger partial charge in [0, 0.05) is 6.08 Å². The van der Waals surface area contributed by atoms with Gasteiger partial charge in [-0.3, -0.25) is 0 Å². The number of nitrogen functional groups attached to an aromatic ring is 1. The van der Waals surface area contributed by atoms with Crippen LogP contribution in [0.2, 0.25) is 0 Å². The molecule has 0 aliphatic rings. The quantitative estimate of drug-likeness (QED) is 0.648. The Bertz CT molecular complexity index is 792. The van der Waals surface area contributed by atoms with E-state index in [1.807, 2.05) is 37.3 Å². The van der Waals surface area contributed by atoms with Gasteiger partial charge in [-0.1, -0.05) is 12.1 Å². The van der Waals surface area contributed by atoms with Gasteiger partial charge in [0.15, 0.2) is 11.5 Å². The summed E-state index contributed by atoms with van der Waals surface area (Å²) in [5.74, 6) is 1.84. The lowest BCUT2D eigenvalue weighted by Crippen LogP contribution is -1.98. The zero-order chi connectivity index (χ0) is 17.5. The number of rotatable bonds is 6. The number of hydrogen-bond acceptors (Lipinski definition) is 5. The molecule has 0 radical (unpaired) electrons. The molecule has 0 atom stereocenters. The van der Waals surface area contributed by atoms with E-state index in [1.54, 1.807) is 20.3 Å². The Morgan fingerprint density at radius 3 is 2.25 bits per heavy atom. The minimum Gasteiger partial charge on any atom is -0.495 e. The van der Waals surface area contributed by atoms with Gasteiger partial charge in [-0.15, -0.1) is 0 Å². The van der Waals surface area contributed by atoms with E-state index in [9.17, 15) is 5.26 Å². The maximum absolute atomic E-state index is 9.18. The molecule has 0 heterocycles. The van der Waals surface area contributed by atoms with Gasteiger partial charge in [-0.25, -0.2) is 0 Å². The second-order valence-corrected chi connectivity index (χ2v) is 4.94. The molecular weight excluding hydrogens is 304 g/mol. The fourth-order valence-corrected chi connectivity index (χ4v) is 2.39.